The number of imidazole rings is 1. The molecule has 0 atom stereocenters. The van der Waals surface area contributed by atoms with Crippen molar-refractivity contribution in [3.8, 4) is 0 Å². The molecular formula is C22H22N2O4. The minimum absolute atomic E-state index is 0.150. The molecule has 28 heavy (non-hydrogen) atoms. The minimum Gasteiger partial charge on any atom is -0.465 e. The Kier molecular flexibility index (Phi) is 4.77. The van der Waals surface area contributed by atoms with E-state index >= 15 is 0 Å². The number of rotatable bonds is 6. The number of nitrogens with zero attached hydrogens (tertiary/aromatic N) is 1. The van der Waals surface area contributed by atoms with Gasteiger partial charge in [-0.3, -0.25) is 9.36 Å². The van der Waals surface area contributed by atoms with Gasteiger partial charge < -0.3 is 14.1 Å². The number of furan rings is 1. The zero-order valence-corrected chi connectivity index (χ0v) is 16.0. The summed E-state index contributed by atoms with van der Waals surface area (Å²) in [5.41, 5.74) is 5.40. The van der Waals surface area contributed by atoms with E-state index in [-0.39, 0.29) is 24.7 Å². The number of carbonyl (C=O) groups is 1. The predicted molar refractivity (Wildman–Crippen MR) is 108 cm³/mol. The second-order valence-corrected chi connectivity index (χ2v) is 6.99. The summed E-state index contributed by atoms with van der Waals surface area (Å²) in [5.74, 6) is -0.299. The van der Waals surface area contributed by atoms with E-state index in [4.69, 9.17) is 9.15 Å². The maximum Gasteiger partial charge on any atom is 0.326 e. The quantitative estimate of drug-likeness (QED) is 0.408. The summed E-state index contributed by atoms with van der Waals surface area (Å²) in [4.78, 5) is 27.1. The Morgan fingerprint density at radius 1 is 1.18 bits per heavy atom. The van der Waals surface area contributed by atoms with Gasteiger partial charge in [0.05, 0.1) is 30.3 Å². The third-order valence-corrected chi connectivity index (χ3v) is 5.15. The number of benzene rings is 2. The number of aryl methyl sites for hydroxylation is 3. The highest BCUT2D eigenvalue weighted by atomic mass is 16.5. The number of aromatic amines is 1. The van der Waals surface area contributed by atoms with Gasteiger partial charge in [0.25, 0.3) is 0 Å². The van der Waals surface area contributed by atoms with Gasteiger partial charge in [-0.1, -0.05) is 24.3 Å². The van der Waals surface area contributed by atoms with Crippen LogP contribution in [0.25, 0.3) is 22.0 Å². The number of hydrogen-bond acceptors (Lipinski definition) is 4. The number of aromatic nitrogens is 2. The van der Waals surface area contributed by atoms with Gasteiger partial charge in [-0.25, -0.2) is 4.79 Å². The maximum absolute atomic E-state index is 12.2. The van der Waals surface area contributed by atoms with Crippen LogP contribution in [0.15, 0.2) is 51.9 Å². The molecule has 0 spiro atoms. The van der Waals surface area contributed by atoms with E-state index < -0.39 is 0 Å². The molecule has 0 saturated heterocycles. The molecule has 4 rings (SSSR count). The summed E-state index contributed by atoms with van der Waals surface area (Å²) in [6.45, 7) is 4.79. The van der Waals surface area contributed by atoms with Crippen molar-refractivity contribution in [3.05, 3.63) is 69.8 Å². The molecule has 0 bridgehead atoms. The third-order valence-electron chi connectivity index (χ3n) is 5.15. The number of nitrogens with one attached hydrogen (secondary N) is 1. The lowest BCUT2D eigenvalue weighted by molar-refractivity contribution is -0.142. The average Bonchev–Trinajstić information content (AvgIpc) is 3.23. The van der Waals surface area contributed by atoms with E-state index in [1.807, 2.05) is 50.2 Å². The van der Waals surface area contributed by atoms with Crippen molar-refractivity contribution < 1.29 is 13.9 Å². The van der Waals surface area contributed by atoms with Crippen LogP contribution < -0.4 is 5.69 Å². The van der Waals surface area contributed by atoms with Gasteiger partial charge in [-0.05, 0) is 43.5 Å². The Morgan fingerprint density at radius 2 is 2.00 bits per heavy atom. The minimum atomic E-state index is -0.299. The molecular weight excluding hydrogens is 356 g/mol. The fourth-order valence-electron chi connectivity index (χ4n) is 3.47. The molecule has 2 heterocycles. The molecule has 0 aliphatic carbocycles. The van der Waals surface area contributed by atoms with Crippen LogP contribution in [0.2, 0.25) is 0 Å². The first-order valence-corrected chi connectivity index (χ1v) is 9.34. The van der Waals surface area contributed by atoms with Crippen molar-refractivity contribution in [2.45, 2.75) is 33.2 Å². The van der Waals surface area contributed by atoms with E-state index in [0.717, 1.165) is 38.7 Å². The third kappa shape index (κ3) is 3.33. The lowest BCUT2D eigenvalue weighted by atomic mass is 10.0. The van der Waals surface area contributed by atoms with Crippen molar-refractivity contribution in [1.29, 1.82) is 0 Å². The van der Waals surface area contributed by atoms with Gasteiger partial charge in [0, 0.05) is 17.5 Å². The standard InChI is InChI=1S/C22H22N2O4/c1-14-8-9-17-16(13-28-21(17)15(14)2)12-20(25)27-11-5-10-24-19-7-4-3-6-18(19)23-22(24)26/h3-4,6-9,13H,5,10-12H2,1-2H3,(H,23,26). The summed E-state index contributed by atoms with van der Waals surface area (Å²) in [6, 6.07) is 11.5. The van der Waals surface area contributed by atoms with Crippen LogP contribution >= 0.6 is 0 Å². The van der Waals surface area contributed by atoms with Crippen molar-refractivity contribution in [3.63, 3.8) is 0 Å². The molecule has 2 aromatic carbocycles. The fourth-order valence-corrected chi connectivity index (χ4v) is 3.47. The van der Waals surface area contributed by atoms with Crippen LogP contribution in [0.3, 0.4) is 0 Å². The van der Waals surface area contributed by atoms with Crippen molar-refractivity contribution in [1.82, 2.24) is 9.55 Å². The Labute approximate surface area is 161 Å². The fraction of sp³-hybridized carbons (Fsp3) is 0.273. The van der Waals surface area contributed by atoms with Gasteiger partial charge in [0.15, 0.2) is 0 Å². The number of ether oxygens (including phenoxy) is 1. The average molecular weight is 378 g/mol. The van der Waals surface area contributed by atoms with Gasteiger partial charge >= 0.3 is 11.7 Å². The molecule has 0 radical (unpaired) electrons. The summed E-state index contributed by atoms with van der Waals surface area (Å²) in [7, 11) is 0. The van der Waals surface area contributed by atoms with E-state index in [2.05, 4.69) is 4.98 Å². The van der Waals surface area contributed by atoms with Gasteiger partial charge in [-0.15, -0.1) is 0 Å². The van der Waals surface area contributed by atoms with E-state index in [9.17, 15) is 9.59 Å². The monoisotopic (exact) mass is 378 g/mol. The molecule has 0 aliphatic rings. The second-order valence-electron chi connectivity index (χ2n) is 6.99. The van der Waals surface area contributed by atoms with Crippen LogP contribution in [0.5, 0.6) is 0 Å². The van der Waals surface area contributed by atoms with E-state index in [1.54, 1.807) is 10.8 Å². The summed E-state index contributed by atoms with van der Waals surface area (Å²) < 4.78 is 12.7. The topological polar surface area (TPSA) is 77.2 Å². The smallest absolute Gasteiger partial charge is 0.326 e. The van der Waals surface area contributed by atoms with Crippen LogP contribution in [0, 0.1) is 13.8 Å². The summed E-state index contributed by atoms with van der Waals surface area (Å²) in [5, 5.41) is 0.949. The van der Waals surface area contributed by atoms with Crippen LogP contribution in [0.4, 0.5) is 0 Å². The van der Waals surface area contributed by atoms with Crippen molar-refractivity contribution >= 4 is 28.0 Å². The SMILES string of the molecule is Cc1ccc2c(CC(=O)OCCCn3c(=O)[nH]c4ccccc43)coc2c1C. The van der Waals surface area contributed by atoms with E-state index in [0.29, 0.717) is 13.0 Å². The molecule has 1 N–H and O–H groups in total. The molecule has 144 valence electrons. The molecule has 6 nitrogen and oxygen atoms in total. The molecule has 0 fully saturated rings. The van der Waals surface area contributed by atoms with Crippen LogP contribution in [0.1, 0.15) is 23.1 Å². The van der Waals surface area contributed by atoms with E-state index in [1.165, 1.54) is 0 Å². The highest BCUT2D eigenvalue weighted by Crippen LogP contribution is 2.26. The first-order valence-electron chi connectivity index (χ1n) is 9.34. The zero-order chi connectivity index (χ0) is 19.7. The zero-order valence-electron chi connectivity index (χ0n) is 16.0. The molecule has 0 amide bonds. The Hall–Kier alpha value is -3.28. The molecule has 0 unspecified atom stereocenters. The number of hydrogen-bond donors (Lipinski definition) is 1. The highest BCUT2D eigenvalue weighted by molar-refractivity contribution is 5.88. The highest BCUT2D eigenvalue weighted by Gasteiger charge is 2.14. The van der Waals surface area contributed by atoms with Crippen molar-refractivity contribution in [2.24, 2.45) is 0 Å². The number of H-pyrrole nitrogens is 1. The lowest BCUT2D eigenvalue weighted by Gasteiger charge is -2.06. The Bertz CT molecular complexity index is 1210. The van der Waals surface area contributed by atoms with Gasteiger partial charge in [0.2, 0.25) is 0 Å². The lowest BCUT2D eigenvalue weighted by Crippen LogP contribution is -2.18. The molecule has 2 aromatic heterocycles. The Morgan fingerprint density at radius 3 is 2.86 bits per heavy atom. The number of esters is 1. The van der Waals surface area contributed by atoms with Crippen LogP contribution in [-0.4, -0.2) is 22.1 Å². The van der Waals surface area contributed by atoms with Gasteiger partial charge in [0.1, 0.15) is 5.58 Å². The van der Waals surface area contributed by atoms with Crippen LogP contribution in [-0.2, 0) is 22.5 Å². The number of carbonyl (C=O) groups excluding carboxylic acids is 1. The first-order chi connectivity index (χ1) is 13.5. The van der Waals surface area contributed by atoms with Crippen molar-refractivity contribution in [2.75, 3.05) is 6.61 Å². The first kappa shape index (κ1) is 18.1. The number of fused-ring (bicyclic) bond motifs is 2. The summed E-state index contributed by atoms with van der Waals surface area (Å²) in [6.07, 6.45) is 2.37. The largest absolute Gasteiger partial charge is 0.465 e. The molecule has 0 saturated carbocycles. The Balaban J connectivity index is 1.35. The summed E-state index contributed by atoms with van der Waals surface area (Å²) >= 11 is 0. The van der Waals surface area contributed by atoms with Gasteiger partial charge in [-0.2, -0.15) is 0 Å². The molecule has 6 heteroatoms. The molecule has 4 aromatic rings. The normalized spacial score (nSPS) is 11.4. The maximum atomic E-state index is 12.2. The predicted octanol–water partition coefficient (Wildman–Crippen LogP) is 3.87. The molecule has 0 aliphatic heterocycles. The second kappa shape index (κ2) is 7.38. The number of para-hydroxylation sites is 2.